The van der Waals surface area contributed by atoms with Gasteiger partial charge < -0.3 is 9.80 Å². The second-order valence-electron chi connectivity index (χ2n) is 5.20. The number of halogens is 2. The molecule has 0 unspecified atom stereocenters. The van der Waals surface area contributed by atoms with E-state index in [-0.39, 0.29) is 11.7 Å². The van der Waals surface area contributed by atoms with Crippen molar-refractivity contribution < 1.29 is 9.18 Å². The maximum absolute atomic E-state index is 14.2. The van der Waals surface area contributed by atoms with Crippen LogP contribution in [0.3, 0.4) is 0 Å². The number of hydrogen-bond donors (Lipinski definition) is 0. The van der Waals surface area contributed by atoms with Crippen molar-refractivity contribution in [1.29, 1.82) is 0 Å². The Kier molecular flexibility index (Phi) is 4.10. The van der Waals surface area contributed by atoms with E-state index in [4.69, 9.17) is 11.6 Å². The van der Waals surface area contributed by atoms with E-state index in [1.165, 1.54) is 17.6 Å². The number of rotatable bonds is 2. The highest BCUT2D eigenvalue weighted by Gasteiger charge is 2.24. The number of piperazine rings is 1. The molecule has 8 heteroatoms. The van der Waals surface area contributed by atoms with Gasteiger partial charge in [0, 0.05) is 36.6 Å². The van der Waals surface area contributed by atoms with Gasteiger partial charge in [-0.05, 0) is 29.1 Å². The van der Waals surface area contributed by atoms with Gasteiger partial charge in [0.2, 0.25) is 5.91 Å². The number of amides is 1. The molecule has 2 aromatic rings. The first kappa shape index (κ1) is 15.3. The van der Waals surface area contributed by atoms with E-state index < -0.39 is 0 Å². The van der Waals surface area contributed by atoms with Gasteiger partial charge in [0.25, 0.3) is 0 Å². The summed E-state index contributed by atoms with van der Waals surface area (Å²) in [6.45, 7) is 6.11. The Morgan fingerprint density at radius 3 is 2.77 bits per heavy atom. The topological polar surface area (TPSA) is 36.4 Å². The van der Waals surface area contributed by atoms with Gasteiger partial charge in [-0.15, -0.1) is 0 Å². The van der Waals surface area contributed by atoms with E-state index in [1.807, 2.05) is 0 Å². The van der Waals surface area contributed by atoms with E-state index >= 15 is 0 Å². The van der Waals surface area contributed by atoms with E-state index in [2.05, 4.69) is 15.9 Å². The summed E-state index contributed by atoms with van der Waals surface area (Å²) in [4.78, 5) is 15.5. The summed E-state index contributed by atoms with van der Waals surface area (Å²) in [6, 6.07) is 1.77. The molecular weight excluding hydrogens is 324 g/mol. The number of aromatic nitrogens is 1. The van der Waals surface area contributed by atoms with Crippen molar-refractivity contribution in [2.45, 2.75) is 0 Å². The molecule has 0 atom stereocenters. The SMILES string of the molecule is Bc1c(Cl)cc2c(N3CCN(C(=O)C=C)CC3)snc2c1F. The average molecular weight is 338 g/mol. The van der Waals surface area contributed by atoms with Gasteiger partial charge in [0.15, 0.2) is 0 Å². The van der Waals surface area contributed by atoms with Crippen molar-refractivity contribution in [3.63, 3.8) is 0 Å². The zero-order chi connectivity index (χ0) is 15.9. The van der Waals surface area contributed by atoms with Crippen LogP contribution < -0.4 is 10.4 Å². The van der Waals surface area contributed by atoms with E-state index in [1.54, 1.807) is 18.8 Å². The molecule has 0 bridgehead atoms. The van der Waals surface area contributed by atoms with Crippen molar-refractivity contribution in [3.05, 3.63) is 29.6 Å². The van der Waals surface area contributed by atoms with Crippen LogP contribution in [-0.4, -0.2) is 49.2 Å². The molecule has 3 rings (SSSR count). The molecule has 2 heterocycles. The molecule has 1 aliphatic rings. The fraction of sp³-hybridized carbons (Fsp3) is 0.286. The van der Waals surface area contributed by atoms with Crippen LogP contribution in [0.25, 0.3) is 10.9 Å². The third-order valence-corrected chi connectivity index (χ3v) is 5.25. The Balaban J connectivity index is 1.89. The third-order valence-electron chi connectivity index (χ3n) is 3.93. The van der Waals surface area contributed by atoms with Gasteiger partial charge in [-0.3, -0.25) is 4.79 Å². The van der Waals surface area contributed by atoms with E-state index in [9.17, 15) is 9.18 Å². The number of anilines is 1. The number of carbonyl (C=O) groups excluding carboxylic acids is 1. The van der Waals surface area contributed by atoms with Crippen LogP contribution >= 0.6 is 23.1 Å². The van der Waals surface area contributed by atoms with Crippen LogP contribution in [0.15, 0.2) is 18.7 Å². The van der Waals surface area contributed by atoms with Crippen LogP contribution in [0, 0.1) is 5.82 Å². The van der Waals surface area contributed by atoms with Crippen LogP contribution in [0.4, 0.5) is 9.39 Å². The molecule has 0 spiro atoms. The predicted octanol–water partition coefficient (Wildman–Crippen LogP) is 1.18. The molecule has 1 aliphatic heterocycles. The van der Waals surface area contributed by atoms with Crippen LogP contribution in [-0.2, 0) is 4.79 Å². The zero-order valence-electron chi connectivity index (χ0n) is 12.1. The van der Waals surface area contributed by atoms with Crippen LogP contribution in [0.5, 0.6) is 0 Å². The van der Waals surface area contributed by atoms with Crippen molar-refractivity contribution in [2.75, 3.05) is 31.1 Å². The van der Waals surface area contributed by atoms with Crippen molar-refractivity contribution >= 4 is 58.3 Å². The summed E-state index contributed by atoms with van der Waals surface area (Å²) in [5, 5.41) is 2.05. The normalized spacial score (nSPS) is 15.4. The summed E-state index contributed by atoms with van der Waals surface area (Å²) >= 11 is 7.37. The molecule has 1 fully saturated rings. The minimum absolute atomic E-state index is 0.0569. The van der Waals surface area contributed by atoms with Crippen molar-refractivity contribution in [2.24, 2.45) is 0 Å². The molecule has 4 nitrogen and oxygen atoms in total. The molecule has 0 aliphatic carbocycles. The Labute approximate surface area is 137 Å². The molecule has 0 N–H and O–H groups in total. The van der Waals surface area contributed by atoms with Gasteiger partial charge in [0.1, 0.15) is 24.2 Å². The smallest absolute Gasteiger partial charge is 0.246 e. The molecular formula is C14H14BClFN3OS. The monoisotopic (exact) mass is 337 g/mol. The lowest BCUT2D eigenvalue weighted by molar-refractivity contribution is -0.126. The van der Waals surface area contributed by atoms with Gasteiger partial charge >= 0.3 is 0 Å². The molecule has 0 saturated carbocycles. The second kappa shape index (κ2) is 5.89. The zero-order valence-corrected chi connectivity index (χ0v) is 13.7. The number of benzene rings is 1. The Bertz CT molecular complexity index is 758. The Morgan fingerprint density at radius 1 is 1.45 bits per heavy atom. The lowest BCUT2D eigenvalue weighted by Crippen LogP contribution is -2.48. The summed E-state index contributed by atoms with van der Waals surface area (Å²) in [6.07, 6.45) is 1.33. The van der Waals surface area contributed by atoms with E-state index in [0.29, 0.717) is 42.2 Å². The Hall–Kier alpha value is -1.60. The standard InChI is InChI=1S/C14H14BClFN3OS/c1-2-10(21)19-3-5-20(6-4-19)14-8-7-9(16)11(15)12(17)13(8)18-22-14/h2,7H,1,3-6,15H2. The van der Waals surface area contributed by atoms with Crippen molar-refractivity contribution in [1.82, 2.24) is 9.27 Å². The summed E-state index contributed by atoms with van der Waals surface area (Å²) in [5.74, 6) is -0.413. The number of carbonyl (C=O) groups is 1. The first-order valence-corrected chi connectivity index (χ1v) is 8.08. The number of fused-ring (bicyclic) bond motifs is 1. The molecule has 1 aromatic carbocycles. The fourth-order valence-electron chi connectivity index (χ4n) is 2.58. The highest BCUT2D eigenvalue weighted by Crippen LogP contribution is 2.34. The van der Waals surface area contributed by atoms with Crippen molar-refractivity contribution in [3.8, 4) is 0 Å². The maximum Gasteiger partial charge on any atom is 0.246 e. The molecule has 1 aromatic heterocycles. The van der Waals surface area contributed by atoms with E-state index in [0.717, 1.165) is 10.4 Å². The van der Waals surface area contributed by atoms with Crippen LogP contribution in [0.1, 0.15) is 0 Å². The quantitative estimate of drug-likeness (QED) is 0.610. The number of nitrogens with zero attached hydrogens (tertiary/aromatic N) is 3. The van der Waals surface area contributed by atoms with Gasteiger partial charge in [-0.1, -0.05) is 18.2 Å². The average Bonchev–Trinajstić information content (AvgIpc) is 2.96. The molecule has 0 radical (unpaired) electrons. The highest BCUT2D eigenvalue weighted by atomic mass is 35.5. The predicted molar refractivity (Wildman–Crippen MR) is 91.8 cm³/mol. The molecule has 114 valence electrons. The van der Waals surface area contributed by atoms with Gasteiger partial charge in [-0.25, -0.2) is 4.39 Å². The first-order valence-electron chi connectivity index (χ1n) is 6.93. The maximum atomic E-state index is 14.2. The molecule has 1 amide bonds. The molecule has 22 heavy (non-hydrogen) atoms. The summed E-state index contributed by atoms with van der Waals surface area (Å²) in [7, 11) is 1.65. The van der Waals surface area contributed by atoms with Crippen LogP contribution in [0.2, 0.25) is 5.02 Å². The van der Waals surface area contributed by atoms with Gasteiger partial charge in [0.05, 0.1) is 0 Å². The summed E-state index contributed by atoms with van der Waals surface area (Å²) < 4.78 is 18.5. The lowest BCUT2D eigenvalue weighted by Gasteiger charge is -2.34. The first-order chi connectivity index (χ1) is 10.5. The summed E-state index contributed by atoms with van der Waals surface area (Å²) in [5.41, 5.74) is 0.791. The largest absolute Gasteiger partial charge is 0.358 e. The lowest BCUT2D eigenvalue weighted by atomic mass is 9.94. The highest BCUT2D eigenvalue weighted by molar-refractivity contribution is 7.11. The molecule has 1 saturated heterocycles. The second-order valence-corrected chi connectivity index (χ2v) is 6.36. The Morgan fingerprint density at radius 2 is 2.14 bits per heavy atom. The van der Waals surface area contributed by atoms with Gasteiger partial charge in [-0.2, -0.15) is 4.37 Å². The fourth-order valence-corrected chi connectivity index (χ4v) is 3.68. The number of hydrogen-bond acceptors (Lipinski definition) is 4. The third kappa shape index (κ3) is 2.48. The minimum Gasteiger partial charge on any atom is -0.358 e. The minimum atomic E-state index is -0.356.